The lowest BCUT2D eigenvalue weighted by molar-refractivity contribution is -0.180. The first-order valence-corrected chi connectivity index (χ1v) is 6.71. The summed E-state index contributed by atoms with van der Waals surface area (Å²) in [7, 11) is 1.71. The molecule has 19 heavy (non-hydrogen) atoms. The third kappa shape index (κ3) is 4.09. The number of halogens is 3. The Balaban J connectivity index is 2.54. The monoisotopic (exact) mass is 280 g/mol. The van der Waals surface area contributed by atoms with Crippen molar-refractivity contribution >= 4 is 5.91 Å². The number of nitrogens with zero attached hydrogens (tertiary/aromatic N) is 1. The molecule has 6 heteroatoms. The molecule has 1 rings (SSSR count). The summed E-state index contributed by atoms with van der Waals surface area (Å²) < 4.78 is 37.6. The second kappa shape index (κ2) is 6.11. The van der Waals surface area contributed by atoms with Gasteiger partial charge >= 0.3 is 6.18 Å². The van der Waals surface area contributed by atoms with E-state index in [0.29, 0.717) is 5.92 Å². The van der Waals surface area contributed by atoms with Crippen LogP contribution in [0, 0.1) is 11.8 Å². The van der Waals surface area contributed by atoms with Crippen molar-refractivity contribution in [2.45, 2.75) is 51.9 Å². The predicted molar refractivity (Wildman–Crippen MR) is 67.6 cm³/mol. The fourth-order valence-corrected chi connectivity index (χ4v) is 2.24. The fraction of sp³-hybridized carbons (Fsp3) is 0.923. The molecule has 0 aromatic rings. The maximum atomic E-state index is 12.5. The number of nitrogens with one attached hydrogen (secondary N) is 1. The molecule has 0 aromatic carbocycles. The zero-order valence-electron chi connectivity index (χ0n) is 11.9. The second-order valence-electron chi connectivity index (χ2n) is 5.71. The maximum Gasteiger partial charge on any atom is 0.393 e. The Bertz CT molecular complexity index is 310. The third-order valence-electron chi connectivity index (χ3n) is 4.10. The van der Waals surface area contributed by atoms with Gasteiger partial charge in [-0.3, -0.25) is 4.79 Å². The van der Waals surface area contributed by atoms with Crippen LogP contribution >= 0.6 is 0 Å². The van der Waals surface area contributed by atoms with Crippen LogP contribution in [0.2, 0.25) is 0 Å². The minimum absolute atomic E-state index is 0.0246. The van der Waals surface area contributed by atoms with Crippen LogP contribution in [0.25, 0.3) is 0 Å². The summed E-state index contributed by atoms with van der Waals surface area (Å²) in [6.07, 6.45) is -3.90. The Hall–Kier alpha value is -0.780. The van der Waals surface area contributed by atoms with Gasteiger partial charge in [-0.1, -0.05) is 13.8 Å². The molecule has 112 valence electrons. The number of hydrogen-bond acceptors (Lipinski definition) is 2. The molecule has 1 aliphatic heterocycles. The van der Waals surface area contributed by atoms with E-state index in [1.54, 1.807) is 11.9 Å². The Labute approximate surface area is 112 Å². The van der Waals surface area contributed by atoms with E-state index < -0.39 is 18.1 Å². The Morgan fingerprint density at radius 3 is 2.21 bits per heavy atom. The zero-order chi connectivity index (χ0) is 14.8. The summed E-state index contributed by atoms with van der Waals surface area (Å²) >= 11 is 0. The van der Waals surface area contributed by atoms with Gasteiger partial charge in [0.1, 0.15) is 0 Å². The summed E-state index contributed by atoms with van der Waals surface area (Å²) in [4.78, 5) is 13.8. The second-order valence-corrected chi connectivity index (χ2v) is 5.71. The first-order valence-electron chi connectivity index (χ1n) is 6.71. The molecule has 1 fully saturated rings. The molecule has 0 radical (unpaired) electrons. The van der Waals surface area contributed by atoms with E-state index in [1.807, 2.05) is 20.8 Å². The largest absolute Gasteiger partial charge is 0.393 e. The summed E-state index contributed by atoms with van der Waals surface area (Å²) in [5, 5.41) is 2.74. The Kier molecular flexibility index (Phi) is 5.24. The average Bonchev–Trinajstić information content (AvgIpc) is 2.35. The van der Waals surface area contributed by atoms with Crippen molar-refractivity contribution < 1.29 is 18.0 Å². The topological polar surface area (TPSA) is 32.3 Å². The Morgan fingerprint density at radius 2 is 1.84 bits per heavy atom. The lowest BCUT2D eigenvalue weighted by Crippen LogP contribution is -2.53. The molecule has 1 saturated heterocycles. The quantitative estimate of drug-likeness (QED) is 0.861. The van der Waals surface area contributed by atoms with Crippen molar-refractivity contribution in [2.24, 2.45) is 11.8 Å². The molecular formula is C13H23F3N2O. The number of carbonyl (C=O) groups is 1. The van der Waals surface area contributed by atoms with E-state index in [9.17, 15) is 18.0 Å². The number of carbonyl (C=O) groups excluding carboxylic acids is 1. The molecule has 1 amide bonds. The molecule has 3 unspecified atom stereocenters. The molecule has 0 aliphatic carbocycles. The van der Waals surface area contributed by atoms with Gasteiger partial charge in [-0.2, -0.15) is 13.2 Å². The minimum Gasteiger partial charge on any atom is -0.341 e. The molecule has 0 bridgehead atoms. The van der Waals surface area contributed by atoms with Gasteiger partial charge < -0.3 is 10.2 Å². The SMILES string of the molecule is CC(C)C(C)N(C)C(=O)C1CCC(C(F)(F)F)CN1. The van der Waals surface area contributed by atoms with Crippen LogP contribution < -0.4 is 5.32 Å². The highest BCUT2D eigenvalue weighted by molar-refractivity contribution is 5.82. The summed E-state index contributed by atoms with van der Waals surface area (Å²) in [6, 6.07) is -0.403. The summed E-state index contributed by atoms with van der Waals surface area (Å²) in [6.45, 7) is 5.82. The number of piperidine rings is 1. The molecule has 0 spiro atoms. The van der Waals surface area contributed by atoms with E-state index in [4.69, 9.17) is 0 Å². The molecule has 3 nitrogen and oxygen atoms in total. The van der Waals surface area contributed by atoms with Gasteiger partial charge in [0.2, 0.25) is 5.91 Å². The van der Waals surface area contributed by atoms with E-state index >= 15 is 0 Å². The van der Waals surface area contributed by atoms with Crippen LogP contribution in [0.1, 0.15) is 33.6 Å². The Morgan fingerprint density at radius 1 is 1.26 bits per heavy atom. The number of hydrogen-bond donors (Lipinski definition) is 1. The lowest BCUT2D eigenvalue weighted by atomic mass is 9.93. The standard InChI is InChI=1S/C13H23F3N2O/c1-8(2)9(3)18(4)12(19)11-6-5-10(7-17-11)13(14,15)16/h8-11,17H,5-7H2,1-4H3. The molecule has 1 aliphatic rings. The predicted octanol–water partition coefficient (Wildman–Crippen LogP) is 2.42. The van der Waals surface area contributed by atoms with Gasteiger partial charge in [0.25, 0.3) is 0 Å². The third-order valence-corrected chi connectivity index (χ3v) is 4.10. The van der Waals surface area contributed by atoms with Crippen LogP contribution in [0.3, 0.4) is 0 Å². The van der Waals surface area contributed by atoms with Gasteiger partial charge in [-0.25, -0.2) is 0 Å². The normalized spacial score (nSPS) is 26.3. The van der Waals surface area contributed by atoms with Gasteiger partial charge in [-0.15, -0.1) is 0 Å². The van der Waals surface area contributed by atoms with Crippen LogP contribution in [0.5, 0.6) is 0 Å². The van der Waals surface area contributed by atoms with E-state index in [2.05, 4.69) is 5.32 Å². The lowest BCUT2D eigenvalue weighted by Gasteiger charge is -2.35. The highest BCUT2D eigenvalue weighted by Gasteiger charge is 2.43. The molecule has 0 aromatic heterocycles. The van der Waals surface area contributed by atoms with E-state index in [-0.39, 0.29) is 31.3 Å². The van der Waals surface area contributed by atoms with Crippen molar-refractivity contribution in [3.63, 3.8) is 0 Å². The van der Waals surface area contributed by atoms with Gasteiger partial charge in [0.15, 0.2) is 0 Å². The number of amides is 1. The van der Waals surface area contributed by atoms with Crippen molar-refractivity contribution in [3.05, 3.63) is 0 Å². The van der Waals surface area contributed by atoms with Crippen molar-refractivity contribution in [3.8, 4) is 0 Å². The molecule has 1 N–H and O–H groups in total. The van der Waals surface area contributed by atoms with Crippen molar-refractivity contribution in [2.75, 3.05) is 13.6 Å². The average molecular weight is 280 g/mol. The van der Waals surface area contributed by atoms with Crippen molar-refractivity contribution in [1.29, 1.82) is 0 Å². The highest BCUT2D eigenvalue weighted by atomic mass is 19.4. The highest BCUT2D eigenvalue weighted by Crippen LogP contribution is 2.32. The van der Waals surface area contributed by atoms with Crippen LogP contribution in [0.4, 0.5) is 13.2 Å². The molecule has 1 heterocycles. The van der Waals surface area contributed by atoms with Crippen LogP contribution in [-0.4, -0.2) is 42.7 Å². The van der Waals surface area contributed by atoms with E-state index in [1.165, 1.54) is 0 Å². The number of alkyl halides is 3. The van der Waals surface area contributed by atoms with Gasteiger partial charge in [-0.05, 0) is 25.7 Å². The summed E-state index contributed by atoms with van der Waals surface area (Å²) in [5.41, 5.74) is 0. The first kappa shape index (κ1) is 16.3. The zero-order valence-corrected chi connectivity index (χ0v) is 11.9. The van der Waals surface area contributed by atoms with Crippen LogP contribution in [0.15, 0.2) is 0 Å². The number of likely N-dealkylation sites (N-methyl/N-ethyl adjacent to an activating group) is 1. The minimum atomic E-state index is -4.17. The van der Waals surface area contributed by atoms with Gasteiger partial charge in [0, 0.05) is 19.6 Å². The van der Waals surface area contributed by atoms with E-state index in [0.717, 1.165) is 0 Å². The van der Waals surface area contributed by atoms with Crippen molar-refractivity contribution in [1.82, 2.24) is 10.2 Å². The summed E-state index contributed by atoms with van der Waals surface area (Å²) in [5.74, 6) is -1.12. The molecule has 3 atom stereocenters. The first-order chi connectivity index (χ1) is 8.64. The fourth-order valence-electron chi connectivity index (χ4n) is 2.24. The number of rotatable bonds is 3. The maximum absolute atomic E-state index is 12.5. The van der Waals surface area contributed by atoms with Crippen LogP contribution in [-0.2, 0) is 4.79 Å². The molecule has 0 saturated carbocycles. The smallest absolute Gasteiger partial charge is 0.341 e. The molecular weight excluding hydrogens is 257 g/mol. The van der Waals surface area contributed by atoms with Gasteiger partial charge in [0.05, 0.1) is 12.0 Å².